The standard InChI is InChI=1S/C26H36N2O/c1-2-3-21-29-25-14-10-11-23(22-25)26(15-8-5-9-16-26)28-19-17-27(18-20-28)24-12-6-4-7-13-24/h4,6-7,10-14,22H,2-3,5,8-9,15-21H2,1H3. The summed E-state index contributed by atoms with van der Waals surface area (Å²) in [7, 11) is 0. The number of rotatable bonds is 7. The Morgan fingerprint density at radius 2 is 1.62 bits per heavy atom. The van der Waals surface area contributed by atoms with Crippen LogP contribution in [0.2, 0.25) is 0 Å². The quantitative estimate of drug-likeness (QED) is 0.550. The Bertz CT molecular complexity index is 746. The van der Waals surface area contributed by atoms with Gasteiger partial charge >= 0.3 is 0 Å². The fourth-order valence-corrected chi connectivity index (χ4v) is 5.17. The van der Waals surface area contributed by atoms with Crippen LogP contribution in [0.4, 0.5) is 5.69 Å². The predicted molar refractivity (Wildman–Crippen MR) is 122 cm³/mol. The number of benzene rings is 2. The maximum Gasteiger partial charge on any atom is 0.119 e. The molecule has 2 aromatic rings. The molecule has 1 aliphatic carbocycles. The van der Waals surface area contributed by atoms with Crippen molar-refractivity contribution in [3.05, 3.63) is 60.2 Å². The van der Waals surface area contributed by atoms with Crippen LogP contribution in [0.15, 0.2) is 54.6 Å². The number of hydrogen-bond acceptors (Lipinski definition) is 3. The second-order valence-electron chi connectivity index (χ2n) is 8.63. The fraction of sp³-hybridized carbons (Fsp3) is 0.538. The first-order valence-corrected chi connectivity index (χ1v) is 11.6. The second kappa shape index (κ2) is 9.67. The van der Waals surface area contributed by atoms with Crippen LogP contribution in [-0.4, -0.2) is 37.7 Å². The van der Waals surface area contributed by atoms with Crippen LogP contribution in [-0.2, 0) is 5.54 Å². The van der Waals surface area contributed by atoms with Gasteiger partial charge in [0.2, 0.25) is 0 Å². The molecule has 0 aromatic heterocycles. The molecule has 2 aromatic carbocycles. The van der Waals surface area contributed by atoms with Crippen molar-refractivity contribution in [2.75, 3.05) is 37.7 Å². The third-order valence-corrected chi connectivity index (χ3v) is 6.83. The van der Waals surface area contributed by atoms with Gasteiger partial charge in [-0.25, -0.2) is 0 Å². The molecule has 3 nitrogen and oxygen atoms in total. The molecule has 3 heteroatoms. The van der Waals surface area contributed by atoms with Gasteiger partial charge < -0.3 is 9.64 Å². The first-order chi connectivity index (χ1) is 14.3. The minimum absolute atomic E-state index is 0.186. The first-order valence-electron chi connectivity index (χ1n) is 11.6. The number of hydrogen-bond donors (Lipinski definition) is 0. The van der Waals surface area contributed by atoms with Gasteiger partial charge in [-0.15, -0.1) is 0 Å². The van der Waals surface area contributed by atoms with Crippen molar-refractivity contribution in [1.82, 2.24) is 4.90 Å². The predicted octanol–water partition coefficient (Wildman–Crippen LogP) is 5.85. The first kappa shape index (κ1) is 20.3. The van der Waals surface area contributed by atoms with Gasteiger partial charge in [-0.2, -0.15) is 0 Å². The summed E-state index contributed by atoms with van der Waals surface area (Å²) in [4.78, 5) is 5.33. The molecular weight excluding hydrogens is 356 g/mol. The smallest absolute Gasteiger partial charge is 0.119 e. The van der Waals surface area contributed by atoms with Crippen LogP contribution in [0, 0.1) is 0 Å². The second-order valence-corrected chi connectivity index (χ2v) is 8.63. The highest BCUT2D eigenvalue weighted by Gasteiger charge is 2.40. The summed E-state index contributed by atoms with van der Waals surface area (Å²) in [5.41, 5.74) is 3.01. The van der Waals surface area contributed by atoms with Gasteiger partial charge in [0, 0.05) is 37.4 Å². The topological polar surface area (TPSA) is 15.7 Å². The highest BCUT2D eigenvalue weighted by atomic mass is 16.5. The molecule has 0 amide bonds. The van der Waals surface area contributed by atoms with Crippen LogP contribution in [0.5, 0.6) is 5.75 Å². The molecule has 1 heterocycles. The number of anilines is 1. The lowest BCUT2D eigenvalue weighted by Crippen LogP contribution is -2.56. The van der Waals surface area contributed by atoms with Gasteiger partial charge in [0.15, 0.2) is 0 Å². The Hall–Kier alpha value is -2.00. The van der Waals surface area contributed by atoms with E-state index in [1.54, 1.807) is 0 Å². The van der Waals surface area contributed by atoms with Gasteiger partial charge in [-0.05, 0) is 49.1 Å². The van der Waals surface area contributed by atoms with Crippen molar-refractivity contribution in [3.8, 4) is 5.75 Å². The van der Waals surface area contributed by atoms with Crippen LogP contribution in [0.25, 0.3) is 0 Å². The maximum absolute atomic E-state index is 6.06. The molecule has 1 saturated heterocycles. The van der Waals surface area contributed by atoms with Crippen LogP contribution >= 0.6 is 0 Å². The minimum Gasteiger partial charge on any atom is -0.494 e. The molecule has 1 saturated carbocycles. The Morgan fingerprint density at radius 3 is 2.34 bits per heavy atom. The largest absolute Gasteiger partial charge is 0.494 e. The van der Waals surface area contributed by atoms with Gasteiger partial charge in [-0.3, -0.25) is 4.90 Å². The lowest BCUT2D eigenvalue weighted by atomic mass is 9.75. The van der Waals surface area contributed by atoms with Gasteiger partial charge in [-0.1, -0.05) is 62.9 Å². The third kappa shape index (κ3) is 4.61. The number of piperazine rings is 1. The molecule has 0 radical (unpaired) electrons. The summed E-state index contributed by atoms with van der Waals surface area (Å²) >= 11 is 0. The summed E-state index contributed by atoms with van der Waals surface area (Å²) in [5.74, 6) is 1.05. The monoisotopic (exact) mass is 392 g/mol. The summed E-state index contributed by atoms with van der Waals surface area (Å²) in [6.07, 6.45) is 8.89. The van der Waals surface area contributed by atoms with Crippen LogP contribution in [0.3, 0.4) is 0 Å². The molecule has 0 atom stereocenters. The highest BCUT2D eigenvalue weighted by molar-refractivity contribution is 5.46. The van der Waals surface area contributed by atoms with E-state index in [4.69, 9.17) is 4.74 Å². The summed E-state index contributed by atoms with van der Waals surface area (Å²) in [6, 6.07) is 19.9. The zero-order valence-corrected chi connectivity index (χ0v) is 18.0. The van der Waals surface area contributed by atoms with Crippen molar-refractivity contribution < 1.29 is 4.74 Å². The zero-order chi connectivity index (χ0) is 19.9. The molecule has 0 spiro atoms. The maximum atomic E-state index is 6.06. The molecule has 2 fully saturated rings. The molecule has 0 bridgehead atoms. The molecule has 2 aliphatic rings. The molecule has 156 valence electrons. The number of ether oxygens (including phenoxy) is 1. The minimum atomic E-state index is 0.186. The van der Waals surface area contributed by atoms with E-state index in [1.807, 2.05) is 0 Å². The molecule has 0 N–H and O–H groups in total. The molecule has 1 aliphatic heterocycles. The SMILES string of the molecule is CCCCOc1cccc(C2(N3CCN(c4ccccc4)CC3)CCCCC2)c1. The van der Waals surface area contributed by atoms with E-state index in [0.29, 0.717) is 0 Å². The van der Waals surface area contributed by atoms with Crippen molar-refractivity contribution in [2.45, 2.75) is 57.4 Å². The van der Waals surface area contributed by atoms with Crippen molar-refractivity contribution in [1.29, 1.82) is 0 Å². The van der Waals surface area contributed by atoms with Crippen molar-refractivity contribution >= 4 is 5.69 Å². The third-order valence-electron chi connectivity index (χ3n) is 6.83. The van der Waals surface area contributed by atoms with E-state index in [9.17, 15) is 0 Å². The van der Waals surface area contributed by atoms with Crippen molar-refractivity contribution in [2.24, 2.45) is 0 Å². The Kier molecular flexibility index (Phi) is 6.76. The number of para-hydroxylation sites is 1. The van der Waals surface area contributed by atoms with Crippen LogP contribution < -0.4 is 9.64 Å². The average molecular weight is 393 g/mol. The van der Waals surface area contributed by atoms with Crippen LogP contribution in [0.1, 0.15) is 57.4 Å². The Labute approximate surface area is 176 Å². The lowest BCUT2D eigenvalue weighted by molar-refractivity contribution is 0.0414. The Morgan fingerprint density at radius 1 is 0.862 bits per heavy atom. The molecule has 0 unspecified atom stereocenters. The van der Waals surface area contributed by atoms with Gasteiger partial charge in [0.05, 0.1) is 6.61 Å². The number of unbranched alkanes of at least 4 members (excludes halogenated alkanes) is 1. The normalized spacial score (nSPS) is 19.8. The number of nitrogens with zero attached hydrogens (tertiary/aromatic N) is 2. The van der Waals surface area contributed by atoms with Crippen molar-refractivity contribution in [3.63, 3.8) is 0 Å². The van der Waals surface area contributed by atoms with E-state index < -0.39 is 0 Å². The van der Waals surface area contributed by atoms with Gasteiger partial charge in [0.1, 0.15) is 5.75 Å². The molecule has 4 rings (SSSR count). The van der Waals surface area contributed by atoms with Gasteiger partial charge in [0.25, 0.3) is 0 Å². The summed E-state index contributed by atoms with van der Waals surface area (Å²) in [5, 5.41) is 0. The molecule has 29 heavy (non-hydrogen) atoms. The lowest BCUT2D eigenvalue weighted by Gasteiger charge is -2.50. The van der Waals surface area contributed by atoms with E-state index in [2.05, 4.69) is 71.3 Å². The Balaban J connectivity index is 1.51. The van der Waals surface area contributed by atoms with E-state index in [0.717, 1.165) is 45.0 Å². The van der Waals surface area contributed by atoms with E-state index >= 15 is 0 Å². The highest BCUT2D eigenvalue weighted by Crippen LogP contribution is 2.43. The average Bonchev–Trinajstić information content (AvgIpc) is 2.81. The fourth-order valence-electron chi connectivity index (χ4n) is 5.17. The van der Waals surface area contributed by atoms with E-state index in [1.165, 1.54) is 49.8 Å². The summed E-state index contributed by atoms with van der Waals surface area (Å²) < 4.78 is 6.06. The summed E-state index contributed by atoms with van der Waals surface area (Å²) in [6.45, 7) is 7.52. The molecular formula is C26H36N2O. The zero-order valence-electron chi connectivity index (χ0n) is 18.0. The van der Waals surface area contributed by atoms with E-state index in [-0.39, 0.29) is 5.54 Å².